The second-order valence-electron chi connectivity index (χ2n) is 3.87. The highest BCUT2D eigenvalue weighted by molar-refractivity contribution is 5.75. The molecule has 0 radical (unpaired) electrons. The second-order valence-corrected chi connectivity index (χ2v) is 3.87. The van der Waals surface area contributed by atoms with Crippen molar-refractivity contribution in [1.82, 2.24) is 10.2 Å². The molecule has 0 aromatic rings. The molecule has 0 spiro atoms. The van der Waals surface area contributed by atoms with Crippen LogP contribution >= 0.6 is 0 Å². The Labute approximate surface area is 85.6 Å². The number of amides is 1. The van der Waals surface area contributed by atoms with E-state index in [1.54, 1.807) is 0 Å². The van der Waals surface area contributed by atoms with Gasteiger partial charge in [-0.2, -0.15) is 0 Å². The molecule has 0 unspecified atom stereocenters. The maximum atomic E-state index is 11.2. The van der Waals surface area contributed by atoms with Gasteiger partial charge in [-0.15, -0.1) is 0 Å². The summed E-state index contributed by atoms with van der Waals surface area (Å²) in [6, 6.07) is 0. The van der Waals surface area contributed by atoms with Crippen molar-refractivity contribution in [3.8, 4) is 0 Å². The molecule has 0 saturated carbocycles. The van der Waals surface area contributed by atoms with Crippen molar-refractivity contribution in [3.63, 3.8) is 0 Å². The summed E-state index contributed by atoms with van der Waals surface area (Å²) in [7, 11) is 2.05. The number of carbonyl (C=O) groups excluding carboxylic acids is 1. The van der Waals surface area contributed by atoms with E-state index in [4.69, 9.17) is 4.74 Å². The van der Waals surface area contributed by atoms with E-state index in [0.29, 0.717) is 12.3 Å². The molecule has 82 valence electrons. The SMILES string of the molecule is CCNC(=O)CCN(C)CC1COC1. The van der Waals surface area contributed by atoms with E-state index in [2.05, 4.69) is 17.3 Å². The summed E-state index contributed by atoms with van der Waals surface area (Å²) in [5, 5.41) is 2.79. The molecule has 0 aromatic carbocycles. The van der Waals surface area contributed by atoms with Crippen LogP contribution in [-0.4, -0.2) is 50.7 Å². The standard InChI is InChI=1S/C10H20N2O2/c1-3-11-10(13)4-5-12(2)6-9-7-14-8-9/h9H,3-8H2,1-2H3,(H,11,13). The Kier molecular flexibility index (Phi) is 4.90. The minimum Gasteiger partial charge on any atom is -0.381 e. The van der Waals surface area contributed by atoms with Crippen molar-refractivity contribution in [3.05, 3.63) is 0 Å². The first kappa shape index (κ1) is 11.5. The fourth-order valence-corrected chi connectivity index (χ4v) is 1.50. The lowest BCUT2D eigenvalue weighted by Gasteiger charge is -2.30. The lowest BCUT2D eigenvalue weighted by Crippen LogP contribution is -2.39. The summed E-state index contributed by atoms with van der Waals surface area (Å²) in [5.41, 5.74) is 0. The second kappa shape index (κ2) is 5.98. The molecular formula is C10H20N2O2. The number of ether oxygens (including phenoxy) is 1. The molecule has 0 aliphatic carbocycles. The van der Waals surface area contributed by atoms with Gasteiger partial charge in [0.2, 0.25) is 5.91 Å². The normalized spacial score (nSPS) is 16.8. The van der Waals surface area contributed by atoms with Gasteiger partial charge in [0, 0.05) is 32.0 Å². The number of hydrogen-bond acceptors (Lipinski definition) is 3. The van der Waals surface area contributed by atoms with Gasteiger partial charge in [-0.1, -0.05) is 0 Å². The number of carbonyl (C=O) groups is 1. The van der Waals surface area contributed by atoms with Gasteiger partial charge < -0.3 is 15.0 Å². The first-order valence-corrected chi connectivity index (χ1v) is 5.25. The Balaban J connectivity index is 2.01. The Bertz CT molecular complexity index is 181. The van der Waals surface area contributed by atoms with Crippen molar-refractivity contribution in [2.24, 2.45) is 5.92 Å². The molecule has 0 bridgehead atoms. The minimum absolute atomic E-state index is 0.143. The summed E-state index contributed by atoms with van der Waals surface area (Å²) in [5.74, 6) is 0.818. The zero-order chi connectivity index (χ0) is 10.4. The zero-order valence-electron chi connectivity index (χ0n) is 9.08. The molecule has 0 aromatic heterocycles. The first-order chi connectivity index (χ1) is 6.72. The van der Waals surface area contributed by atoms with Crippen LogP contribution in [-0.2, 0) is 9.53 Å². The van der Waals surface area contributed by atoms with Gasteiger partial charge >= 0.3 is 0 Å². The molecule has 1 aliphatic rings. The van der Waals surface area contributed by atoms with Crippen LogP contribution in [0.1, 0.15) is 13.3 Å². The largest absolute Gasteiger partial charge is 0.381 e. The predicted octanol–water partition coefficient (Wildman–Crippen LogP) is 0.0908. The minimum atomic E-state index is 0.143. The number of rotatable bonds is 6. The fraction of sp³-hybridized carbons (Fsp3) is 0.900. The van der Waals surface area contributed by atoms with Gasteiger partial charge in [0.1, 0.15) is 0 Å². The molecule has 1 fully saturated rings. The van der Waals surface area contributed by atoms with E-state index in [-0.39, 0.29) is 5.91 Å². The average molecular weight is 200 g/mol. The molecule has 4 heteroatoms. The number of hydrogen-bond donors (Lipinski definition) is 1. The molecule has 4 nitrogen and oxygen atoms in total. The van der Waals surface area contributed by atoms with E-state index >= 15 is 0 Å². The van der Waals surface area contributed by atoms with E-state index in [1.807, 2.05) is 6.92 Å². The fourth-order valence-electron chi connectivity index (χ4n) is 1.50. The third-order valence-corrected chi connectivity index (χ3v) is 2.37. The van der Waals surface area contributed by atoms with Crippen molar-refractivity contribution in [2.75, 3.05) is 39.9 Å². The highest BCUT2D eigenvalue weighted by atomic mass is 16.5. The van der Waals surface area contributed by atoms with Crippen molar-refractivity contribution in [1.29, 1.82) is 0 Å². The molecule has 1 amide bonds. The average Bonchev–Trinajstić information content (AvgIpc) is 2.09. The summed E-state index contributed by atoms with van der Waals surface area (Å²) in [6.45, 7) is 6.30. The van der Waals surface area contributed by atoms with Crippen LogP contribution in [0.3, 0.4) is 0 Å². The lowest BCUT2D eigenvalue weighted by molar-refractivity contribution is -0.121. The third-order valence-electron chi connectivity index (χ3n) is 2.37. The Morgan fingerprint density at radius 3 is 2.79 bits per heavy atom. The molecule has 1 aliphatic heterocycles. The number of nitrogens with one attached hydrogen (secondary N) is 1. The van der Waals surface area contributed by atoms with Crippen LogP contribution < -0.4 is 5.32 Å². The van der Waals surface area contributed by atoms with E-state index in [0.717, 1.165) is 32.8 Å². The topological polar surface area (TPSA) is 41.6 Å². The molecule has 1 heterocycles. The van der Waals surface area contributed by atoms with Crippen molar-refractivity contribution in [2.45, 2.75) is 13.3 Å². The van der Waals surface area contributed by atoms with Crippen LogP contribution in [0.2, 0.25) is 0 Å². The molecule has 1 rings (SSSR count). The van der Waals surface area contributed by atoms with E-state index in [9.17, 15) is 4.79 Å². The first-order valence-electron chi connectivity index (χ1n) is 5.25. The maximum absolute atomic E-state index is 11.2. The van der Waals surface area contributed by atoms with Gasteiger partial charge in [0.15, 0.2) is 0 Å². The monoisotopic (exact) mass is 200 g/mol. The molecule has 14 heavy (non-hydrogen) atoms. The summed E-state index contributed by atoms with van der Waals surface area (Å²) >= 11 is 0. The van der Waals surface area contributed by atoms with E-state index < -0.39 is 0 Å². The van der Waals surface area contributed by atoms with Gasteiger partial charge in [0.05, 0.1) is 13.2 Å². The molecule has 1 N–H and O–H groups in total. The van der Waals surface area contributed by atoms with Crippen LogP contribution in [0.15, 0.2) is 0 Å². The van der Waals surface area contributed by atoms with Crippen LogP contribution in [0.25, 0.3) is 0 Å². The third kappa shape index (κ3) is 4.07. The molecule has 1 saturated heterocycles. The van der Waals surface area contributed by atoms with Crippen LogP contribution in [0, 0.1) is 5.92 Å². The zero-order valence-corrected chi connectivity index (χ0v) is 9.08. The van der Waals surface area contributed by atoms with Gasteiger partial charge in [0.25, 0.3) is 0 Å². The van der Waals surface area contributed by atoms with Gasteiger partial charge in [-0.05, 0) is 14.0 Å². The highest BCUT2D eigenvalue weighted by Gasteiger charge is 2.19. The lowest BCUT2D eigenvalue weighted by atomic mass is 10.1. The predicted molar refractivity (Wildman–Crippen MR) is 55.1 cm³/mol. The summed E-state index contributed by atoms with van der Waals surface area (Å²) in [6.07, 6.45) is 0.595. The Morgan fingerprint density at radius 1 is 1.57 bits per heavy atom. The molecular weight excluding hydrogens is 180 g/mol. The maximum Gasteiger partial charge on any atom is 0.221 e. The Morgan fingerprint density at radius 2 is 2.29 bits per heavy atom. The number of nitrogens with zero attached hydrogens (tertiary/aromatic N) is 1. The van der Waals surface area contributed by atoms with Crippen LogP contribution in [0.4, 0.5) is 0 Å². The van der Waals surface area contributed by atoms with E-state index in [1.165, 1.54) is 0 Å². The van der Waals surface area contributed by atoms with Crippen molar-refractivity contribution < 1.29 is 9.53 Å². The quantitative estimate of drug-likeness (QED) is 0.661. The van der Waals surface area contributed by atoms with Gasteiger partial charge in [-0.25, -0.2) is 0 Å². The summed E-state index contributed by atoms with van der Waals surface area (Å²) < 4.78 is 5.09. The molecule has 0 atom stereocenters. The van der Waals surface area contributed by atoms with Crippen molar-refractivity contribution >= 4 is 5.91 Å². The van der Waals surface area contributed by atoms with Crippen LogP contribution in [0.5, 0.6) is 0 Å². The van der Waals surface area contributed by atoms with Gasteiger partial charge in [-0.3, -0.25) is 4.79 Å². The Hall–Kier alpha value is -0.610. The smallest absolute Gasteiger partial charge is 0.221 e. The highest BCUT2D eigenvalue weighted by Crippen LogP contribution is 2.10. The summed E-state index contributed by atoms with van der Waals surface area (Å²) in [4.78, 5) is 13.4.